The molecule has 4 aromatic rings. The van der Waals surface area contributed by atoms with E-state index in [0.29, 0.717) is 54.8 Å². The van der Waals surface area contributed by atoms with Crippen LogP contribution >= 0.6 is 11.6 Å². The lowest BCUT2D eigenvalue weighted by atomic mass is 9.89. The van der Waals surface area contributed by atoms with E-state index >= 15 is 0 Å². The highest BCUT2D eigenvalue weighted by molar-refractivity contribution is 6.32. The minimum absolute atomic E-state index is 0.174. The molecule has 0 aliphatic carbocycles. The molecule has 0 radical (unpaired) electrons. The molecule has 2 N–H and O–H groups in total. The van der Waals surface area contributed by atoms with E-state index in [0.717, 1.165) is 22.3 Å². The summed E-state index contributed by atoms with van der Waals surface area (Å²) >= 11 is 6.48. The number of pyridine rings is 1. The van der Waals surface area contributed by atoms with Gasteiger partial charge in [-0.2, -0.15) is 0 Å². The number of aromatic nitrogens is 4. The zero-order valence-electron chi connectivity index (χ0n) is 19.4. The molecule has 0 saturated carbocycles. The largest absolute Gasteiger partial charge is 0.486 e. The number of hydrogen-bond donors (Lipinski definition) is 2. The third-order valence-corrected chi connectivity index (χ3v) is 6.55. The quantitative estimate of drug-likeness (QED) is 0.320. The van der Waals surface area contributed by atoms with Crippen molar-refractivity contribution >= 4 is 40.0 Å². The number of ether oxygens (including phenoxy) is 1. The van der Waals surface area contributed by atoms with Crippen molar-refractivity contribution < 1.29 is 13.9 Å². The van der Waals surface area contributed by atoms with Gasteiger partial charge in [0, 0.05) is 31.2 Å². The number of amides is 1. The van der Waals surface area contributed by atoms with Crippen molar-refractivity contribution in [2.24, 2.45) is 0 Å². The molecule has 1 aliphatic rings. The van der Waals surface area contributed by atoms with Crippen LogP contribution < -0.4 is 10.1 Å². The van der Waals surface area contributed by atoms with Crippen molar-refractivity contribution in [3.63, 3.8) is 0 Å². The maximum Gasteiger partial charge on any atom is 0.281 e. The maximum atomic E-state index is 13.3. The molecule has 5 rings (SSSR count). The van der Waals surface area contributed by atoms with Crippen LogP contribution in [0.2, 0.25) is 5.02 Å². The Morgan fingerprint density at radius 1 is 1.22 bits per heavy atom. The molecule has 0 unspecified atom stereocenters. The Balaban J connectivity index is 1.32. The highest BCUT2D eigenvalue weighted by Gasteiger charge is 2.27. The Morgan fingerprint density at radius 3 is 2.78 bits per heavy atom. The molecule has 4 heterocycles. The van der Waals surface area contributed by atoms with Gasteiger partial charge in [-0.05, 0) is 54.7 Å². The summed E-state index contributed by atoms with van der Waals surface area (Å²) in [6.07, 6.45) is 6.55. The van der Waals surface area contributed by atoms with E-state index in [4.69, 9.17) is 16.3 Å². The molecule has 3 aromatic heterocycles. The first-order valence-corrected chi connectivity index (χ1v) is 11.9. The second-order valence-corrected chi connectivity index (χ2v) is 8.95. The van der Waals surface area contributed by atoms with Crippen LogP contribution in [0.25, 0.3) is 11.0 Å². The summed E-state index contributed by atoms with van der Waals surface area (Å²) in [6.45, 7) is 4.36. The Hall–Kier alpha value is -3.98. The average Bonchev–Trinajstić information content (AvgIpc) is 3.34. The lowest BCUT2D eigenvalue weighted by Crippen LogP contribution is -2.38. The van der Waals surface area contributed by atoms with E-state index in [2.05, 4.69) is 31.8 Å². The van der Waals surface area contributed by atoms with Gasteiger partial charge in [-0.25, -0.2) is 14.4 Å². The summed E-state index contributed by atoms with van der Waals surface area (Å²) in [7, 11) is 0. The normalized spacial score (nSPS) is 14.1. The summed E-state index contributed by atoms with van der Waals surface area (Å²) in [5.74, 6) is -0.187. The molecular formula is C26H24ClFN6O2. The summed E-state index contributed by atoms with van der Waals surface area (Å²) < 4.78 is 19.1. The highest BCUT2D eigenvalue weighted by Crippen LogP contribution is 2.37. The SMILES string of the molecule is C=C(F)C(=O)N1CCC(c2c[nH]c3ncnc(Nc4ccc(OCc5ccccn5)c(Cl)c4)c23)CC1. The van der Waals surface area contributed by atoms with Gasteiger partial charge in [0.2, 0.25) is 0 Å². The molecule has 0 bridgehead atoms. The predicted octanol–water partition coefficient (Wildman–Crippen LogP) is 5.52. The van der Waals surface area contributed by atoms with E-state index in [1.807, 2.05) is 30.5 Å². The number of anilines is 2. The Kier molecular flexibility index (Phi) is 6.81. The van der Waals surface area contributed by atoms with Gasteiger partial charge in [0.05, 0.1) is 16.1 Å². The number of halogens is 2. The molecule has 10 heteroatoms. The first-order chi connectivity index (χ1) is 17.5. The number of carbonyl (C=O) groups excluding carboxylic acids is 1. The van der Waals surface area contributed by atoms with E-state index in [1.54, 1.807) is 18.3 Å². The molecule has 0 atom stereocenters. The number of rotatable bonds is 7. The first kappa shape index (κ1) is 23.7. The van der Waals surface area contributed by atoms with Crippen molar-refractivity contribution in [2.45, 2.75) is 25.4 Å². The molecule has 1 fully saturated rings. The number of fused-ring (bicyclic) bond motifs is 1. The Morgan fingerprint density at radius 2 is 2.06 bits per heavy atom. The second kappa shape index (κ2) is 10.3. The third-order valence-electron chi connectivity index (χ3n) is 6.25. The number of H-pyrrole nitrogens is 1. The molecule has 0 spiro atoms. The summed E-state index contributed by atoms with van der Waals surface area (Å²) in [5, 5.41) is 4.69. The maximum absolute atomic E-state index is 13.3. The standard InChI is InChI=1S/C26H24ClFN6O2/c1-16(28)26(35)34-10-7-17(8-11-34)20-13-30-24-23(20)25(32-15-31-24)33-18-5-6-22(21(27)12-18)36-14-19-4-2-3-9-29-19/h2-6,9,12-13,15,17H,1,7-8,10-11,14H2,(H2,30,31,32,33). The van der Waals surface area contributed by atoms with Crippen molar-refractivity contribution in [1.29, 1.82) is 0 Å². The molecular weight excluding hydrogens is 483 g/mol. The fourth-order valence-corrected chi connectivity index (χ4v) is 4.67. The van der Waals surface area contributed by atoms with Crippen LogP contribution in [-0.4, -0.2) is 43.8 Å². The molecule has 1 aliphatic heterocycles. The fourth-order valence-electron chi connectivity index (χ4n) is 4.44. The summed E-state index contributed by atoms with van der Waals surface area (Å²) in [5.41, 5.74) is 3.32. The fraction of sp³-hybridized carbons (Fsp3) is 0.231. The van der Waals surface area contributed by atoms with Gasteiger partial charge in [-0.15, -0.1) is 0 Å². The summed E-state index contributed by atoms with van der Waals surface area (Å²) in [4.78, 5) is 29.7. The van der Waals surface area contributed by atoms with Crippen LogP contribution in [-0.2, 0) is 11.4 Å². The minimum atomic E-state index is -0.924. The zero-order valence-corrected chi connectivity index (χ0v) is 20.1. The smallest absolute Gasteiger partial charge is 0.281 e. The topological polar surface area (TPSA) is 96.0 Å². The lowest BCUT2D eigenvalue weighted by molar-refractivity contribution is -0.129. The zero-order chi connectivity index (χ0) is 25.1. The van der Waals surface area contributed by atoms with Crippen LogP contribution in [0.1, 0.15) is 30.0 Å². The Labute approximate surface area is 212 Å². The van der Waals surface area contributed by atoms with Crippen LogP contribution in [0.3, 0.4) is 0 Å². The van der Waals surface area contributed by atoms with Crippen LogP contribution in [0.15, 0.2) is 67.5 Å². The number of carbonyl (C=O) groups is 1. The van der Waals surface area contributed by atoms with Crippen molar-refractivity contribution in [3.05, 3.63) is 83.8 Å². The summed E-state index contributed by atoms with van der Waals surface area (Å²) in [6, 6.07) is 11.1. The second-order valence-electron chi connectivity index (χ2n) is 8.54. The van der Waals surface area contributed by atoms with Gasteiger partial charge < -0.3 is 19.9 Å². The number of hydrogen-bond acceptors (Lipinski definition) is 6. The molecule has 8 nitrogen and oxygen atoms in total. The monoisotopic (exact) mass is 506 g/mol. The van der Waals surface area contributed by atoms with Gasteiger partial charge in [0.1, 0.15) is 30.1 Å². The number of nitrogens with zero attached hydrogens (tertiary/aromatic N) is 4. The molecule has 1 saturated heterocycles. The van der Waals surface area contributed by atoms with Crippen LogP contribution in [0.4, 0.5) is 15.9 Å². The Bertz CT molecular complexity index is 1400. The predicted molar refractivity (Wildman–Crippen MR) is 136 cm³/mol. The average molecular weight is 507 g/mol. The lowest BCUT2D eigenvalue weighted by Gasteiger charge is -2.31. The third kappa shape index (κ3) is 5.01. The van der Waals surface area contributed by atoms with Gasteiger partial charge in [-0.3, -0.25) is 9.78 Å². The van der Waals surface area contributed by atoms with Gasteiger partial charge >= 0.3 is 0 Å². The number of nitrogens with one attached hydrogen (secondary N) is 2. The number of likely N-dealkylation sites (tertiary alicyclic amines) is 1. The van der Waals surface area contributed by atoms with Crippen molar-refractivity contribution in [1.82, 2.24) is 24.8 Å². The van der Waals surface area contributed by atoms with E-state index in [1.165, 1.54) is 11.2 Å². The van der Waals surface area contributed by atoms with E-state index in [-0.39, 0.29) is 5.92 Å². The van der Waals surface area contributed by atoms with Gasteiger partial charge in [0.25, 0.3) is 5.91 Å². The van der Waals surface area contributed by atoms with Crippen molar-refractivity contribution in [3.8, 4) is 5.75 Å². The van der Waals surface area contributed by atoms with Crippen molar-refractivity contribution in [2.75, 3.05) is 18.4 Å². The van der Waals surface area contributed by atoms with E-state index < -0.39 is 11.7 Å². The first-order valence-electron chi connectivity index (χ1n) is 11.5. The van der Waals surface area contributed by atoms with Gasteiger partial charge in [-0.1, -0.05) is 24.2 Å². The number of piperidine rings is 1. The molecule has 36 heavy (non-hydrogen) atoms. The highest BCUT2D eigenvalue weighted by atomic mass is 35.5. The van der Waals surface area contributed by atoms with Gasteiger partial charge in [0.15, 0.2) is 5.83 Å². The van der Waals surface area contributed by atoms with E-state index in [9.17, 15) is 9.18 Å². The molecule has 184 valence electrons. The molecule has 1 amide bonds. The van der Waals surface area contributed by atoms with Crippen LogP contribution in [0.5, 0.6) is 5.75 Å². The minimum Gasteiger partial charge on any atom is -0.486 e. The molecule has 1 aromatic carbocycles. The number of benzene rings is 1. The van der Waals surface area contributed by atoms with Crippen LogP contribution in [0, 0.1) is 0 Å². The number of aromatic amines is 1.